The van der Waals surface area contributed by atoms with Crippen LogP contribution in [0.1, 0.15) is 30.8 Å². The first-order chi connectivity index (χ1) is 13.5. The fourth-order valence-electron chi connectivity index (χ4n) is 2.84. The van der Waals surface area contributed by atoms with Gasteiger partial charge in [-0.05, 0) is 32.4 Å². The molecule has 1 atom stereocenters. The summed E-state index contributed by atoms with van der Waals surface area (Å²) in [6.45, 7) is 5.59. The summed E-state index contributed by atoms with van der Waals surface area (Å²) < 4.78 is 2.91. The van der Waals surface area contributed by atoms with Crippen LogP contribution in [0.3, 0.4) is 0 Å². The van der Waals surface area contributed by atoms with Crippen molar-refractivity contribution in [2.45, 2.75) is 32.3 Å². The van der Waals surface area contributed by atoms with E-state index in [9.17, 15) is 5.11 Å². The van der Waals surface area contributed by atoms with Crippen molar-refractivity contribution in [2.75, 3.05) is 19.6 Å². The fraction of sp³-hybridized carbons (Fsp3) is 0.450. The molecule has 0 radical (unpaired) electrons. The van der Waals surface area contributed by atoms with Crippen LogP contribution in [0.15, 0.2) is 41.7 Å². The molecule has 0 fully saturated rings. The molecule has 0 bridgehead atoms. The number of nitrogens with one attached hydrogen (secondary N) is 2. The smallest absolute Gasteiger partial charge is 0.191 e. The van der Waals surface area contributed by atoms with Gasteiger partial charge in [-0.3, -0.25) is 4.68 Å². The number of aliphatic imine (C=N–C) groups is 1. The lowest BCUT2D eigenvalue weighted by atomic mass is 10.0. The summed E-state index contributed by atoms with van der Waals surface area (Å²) >= 11 is 1.75. The number of para-hydroxylation sites is 1. The molecule has 0 aliphatic carbocycles. The van der Waals surface area contributed by atoms with Crippen molar-refractivity contribution < 1.29 is 5.11 Å². The van der Waals surface area contributed by atoms with Crippen LogP contribution in [0.5, 0.6) is 0 Å². The molecular weight excluding hydrogens is 372 g/mol. The summed E-state index contributed by atoms with van der Waals surface area (Å²) in [5.41, 5.74) is 0.769. The number of thiazole rings is 1. The first kappa shape index (κ1) is 20.3. The second-order valence-corrected chi connectivity index (χ2v) is 8.09. The molecule has 8 heteroatoms. The molecule has 0 aliphatic rings. The largest absolute Gasteiger partial charge is 0.383 e. The van der Waals surface area contributed by atoms with E-state index in [1.54, 1.807) is 29.1 Å². The standard InChI is InChI=1S/C20H28N6OS/c1-4-21-19(23-14-20(2,27)15-12-24-26(3)13-15)22-11-7-10-18-25-16-8-5-6-9-17(16)28-18/h5-6,8-9,12-13,27H,4,7,10-11,14H2,1-3H3,(H2,21,22,23). The van der Waals surface area contributed by atoms with Crippen LogP contribution in [-0.4, -0.2) is 45.5 Å². The van der Waals surface area contributed by atoms with E-state index in [1.807, 2.05) is 32.3 Å². The maximum atomic E-state index is 10.7. The van der Waals surface area contributed by atoms with Crippen molar-refractivity contribution in [3.05, 3.63) is 47.2 Å². The lowest BCUT2D eigenvalue weighted by Crippen LogP contribution is -2.39. The highest BCUT2D eigenvalue weighted by molar-refractivity contribution is 7.18. The molecule has 0 amide bonds. The van der Waals surface area contributed by atoms with Crippen molar-refractivity contribution >= 4 is 27.5 Å². The minimum atomic E-state index is -1.06. The van der Waals surface area contributed by atoms with Crippen LogP contribution in [0.25, 0.3) is 10.2 Å². The molecule has 2 heterocycles. The maximum Gasteiger partial charge on any atom is 0.191 e. The van der Waals surface area contributed by atoms with Gasteiger partial charge in [0.1, 0.15) is 5.60 Å². The summed E-state index contributed by atoms with van der Waals surface area (Å²) in [5, 5.41) is 22.5. The van der Waals surface area contributed by atoms with Gasteiger partial charge in [0.2, 0.25) is 0 Å². The molecule has 2 aromatic heterocycles. The Kier molecular flexibility index (Phi) is 6.64. The molecule has 7 nitrogen and oxygen atoms in total. The van der Waals surface area contributed by atoms with E-state index in [2.05, 4.69) is 37.8 Å². The van der Waals surface area contributed by atoms with Crippen LogP contribution in [-0.2, 0) is 19.1 Å². The second-order valence-electron chi connectivity index (χ2n) is 6.98. The summed E-state index contributed by atoms with van der Waals surface area (Å²) in [5.74, 6) is 0.705. The Morgan fingerprint density at radius 1 is 1.32 bits per heavy atom. The number of hydrogen-bond acceptors (Lipinski definition) is 5. The lowest BCUT2D eigenvalue weighted by Gasteiger charge is -2.20. The number of hydrogen-bond donors (Lipinski definition) is 3. The van der Waals surface area contributed by atoms with Gasteiger partial charge >= 0.3 is 0 Å². The number of aryl methyl sites for hydroxylation is 2. The number of benzene rings is 1. The van der Waals surface area contributed by atoms with Crippen LogP contribution < -0.4 is 10.6 Å². The van der Waals surface area contributed by atoms with Gasteiger partial charge in [0, 0.05) is 38.3 Å². The first-order valence-electron chi connectivity index (χ1n) is 9.56. The van der Waals surface area contributed by atoms with Gasteiger partial charge in [-0.25, -0.2) is 9.98 Å². The molecule has 1 aromatic carbocycles. The summed E-state index contributed by atoms with van der Waals surface area (Å²) in [6.07, 6.45) is 5.38. The molecule has 0 saturated heterocycles. The highest BCUT2D eigenvalue weighted by Crippen LogP contribution is 2.22. The normalized spacial score (nSPS) is 14.2. The zero-order valence-corrected chi connectivity index (χ0v) is 17.5. The van der Waals surface area contributed by atoms with E-state index in [1.165, 1.54) is 4.70 Å². The number of rotatable bonds is 8. The van der Waals surface area contributed by atoms with E-state index in [0.29, 0.717) is 5.96 Å². The molecule has 3 aromatic rings. The van der Waals surface area contributed by atoms with Crippen molar-refractivity contribution in [3.63, 3.8) is 0 Å². The van der Waals surface area contributed by atoms with E-state index >= 15 is 0 Å². The third kappa shape index (κ3) is 5.30. The monoisotopic (exact) mass is 400 g/mol. The van der Waals surface area contributed by atoms with Crippen molar-refractivity contribution in [2.24, 2.45) is 12.0 Å². The van der Waals surface area contributed by atoms with Gasteiger partial charge in [0.05, 0.1) is 28.0 Å². The summed E-state index contributed by atoms with van der Waals surface area (Å²) in [6, 6.07) is 8.23. The Balaban J connectivity index is 1.51. The third-order valence-corrected chi connectivity index (χ3v) is 5.51. The molecule has 1 unspecified atom stereocenters. The predicted molar refractivity (Wildman–Crippen MR) is 115 cm³/mol. The first-order valence-corrected chi connectivity index (χ1v) is 10.4. The summed E-state index contributed by atoms with van der Waals surface area (Å²) in [7, 11) is 1.83. The molecule has 0 spiro atoms. The molecule has 150 valence electrons. The van der Waals surface area contributed by atoms with Gasteiger partial charge < -0.3 is 15.7 Å². The highest BCUT2D eigenvalue weighted by atomic mass is 32.1. The molecule has 3 rings (SSSR count). The Morgan fingerprint density at radius 3 is 2.86 bits per heavy atom. The van der Waals surface area contributed by atoms with Crippen LogP contribution in [0, 0.1) is 0 Å². The number of fused-ring (bicyclic) bond motifs is 1. The van der Waals surface area contributed by atoms with E-state index < -0.39 is 5.60 Å². The minimum Gasteiger partial charge on any atom is -0.383 e. The average Bonchev–Trinajstić information content (AvgIpc) is 3.29. The predicted octanol–water partition coefficient (Wildman–Crippen LogP) is 2.43. The van der Waals surface area contributed by atoms with Gasteiger partial charge in [-0.2, -0.15) is 5.10 Å². The molecular formula is C20H28N6OS. The van der Waals surface area contributed by atoms with Crippen molar-refractivity contribution in [1.82, 2.24) is 25.4 Å². The quantitative estimate of drug-likeness (QED) is 0.307. The molecule has 0 aliphatic heterocycles. The zero-order valence-electron chi connectivity index (χ0n) is 16.6. The number of guanidine groups is 1. The lowest BCUT2D eigenvalue weighted by molar-refractivity contribution is 0.0672. The molecule has 0 saturated carbocycles. The Labute approximate surface area is 169 Å². The maximum absolute atomic E-state index is 10.7. The van der Waals surface area contributed by atoms with Gasteiger partial charge in [-0.1, -0.05) is 12.1 Å². The SMILES string of the molecule is CCNC(=NCC(C)(O)c1cnn(C)c1)NCCCc1nc2ccccc2s1. The van der Waals surface area contributed by atoms with Crippen LogP contribution in [0.2, 0.25) is 0 Å². The zero-order chi connectivity index (χ0) is 20.0. The number of aromatic nitrogens is 3. The van der Waals surface area contributed by atoms with Crippen LogP contribution >= 0.6 is 11.3 Å². The number of nitrogens with zero attached hydrogens (tertiary/aromatic N) is 4. The average molecular weight is 401 g/mol. The topological polar surface area (TPSA) is 87.4 Å². The number of aliphatic hydroxyl groups is 1. The second kappa shape index (κ2) is 9.16. The molecule has 3 N–H and O–H groups in total. The van der Waals surface area contributed by atoms with Gasteiger partial charge in [0.25, 0.3) is 0 Å². The van der Waals surface area contributed by atoms with E-state index in [4.69, 9.17) is 0 Å². The Morgan fingerprint density at radius 2 is 2.14 bits per heavy atom. The van der Waals surface area contributed by atoms with E-state index in [0.717, 1.165) is 42.0 Å². The van der Waals surface area contributed by atoms with Crippen molar-refractivity contribution in [3.8, 4) is 0 Å². The Bertz CT molecular complexity index is 897. The van der Waals surface area contributed by atoms with Crippen molar-refractivity contribution in [1.29, 1.82) is 0 Å². The summed E-state index contributed by atoms with van der Waals surface area (Å²) in [4.78, 5) is 9.22. The third-order valence-electron chi connectivity index (χ3n) is 4.41. The van der Waals surface area contributed by atoms with Gasteiger partial charge in [0.15, 0.2) is 5.96 Å². The van der Waals surface area contributed by atoms with E-state index in [-0.39, 0.29) is 6.54 Å². The molecule has 28 heavy (non-hydrogen) atoms. The minimum absolute atomic E-state index is 0.256. The Hall–Kier alpha value is -2.45. The fourth-order valence-corrected chi connectivity index (χ4v) is 3.85. The van der Waals surface area contributed by atoms with Gasteiger partial charge in [-0.15, -0.1) is 11.3 Å². The highest BCUT2D eigenvalue weighted by Gasteiger charge is 2.24. The van der Waals surface area contributed by atoms with Crippen LogP contribution in [0.4, 0.5) is 0 Å².